The zero-order valence-corrected chi connectivity index (χ0v) is 21.1. The number of nitrogens with one attached hydrogen (secondary N) is 1. The predicted molar refractivity (Wildman–Crippen MR) is 140 cm³/mol. The molecule has 2 unspecified atom stereocenters. The van der Waals surface area contributed by atoms with E-state index >= 15 is 0 Å². The van der Waals surface area contributed by atoms with Gasteiger partial charge in [0.1, 0.15) is 6.29 Å². The maximum atomic E-state index is 10.0. The Balaban J connectivity index is 0. The van der Waals surface area contributed by atoms with Gasteiger partial charge in [0.2, 0.25) is 0 Å². The lowest BCUT2D eigenvalue weighted by Gasteiger charge is -2.12. The molecule has 0 heterocycles. The average molecular weight is 445 g/mol. The molecule has 0 radical (unpaired) electrons. The van der Waals surface area contributed by atoms with E-state index in [0.29, 0.717) is 12.1 Å². The monoisotopic (exact) mass is 444 g/mol. The summed E-state index contributed by atoms with van der Waals surface area (Å²) in [7, 11) is 1.00. The summed E-state index contributed by atoms with van der Waals surface area (Å²) in [4.78, 5) is 10.0. The van der Waals surface area contributed by atoms with Crippen LogP contribution in [0.3, 0.4) is 0 Å². The molecule has 0 bridgehead atoms. The van der Waals surface area contributed by atoms with Crippen LogP contribution in [0.5, 0.6) is 0 Å². The van der Waals surface area contributed by atoms with Gasteiger partial charge in [-0.2, -0.15) is 0 Å². The standard InChI is InChI=1S/C13H21N.C7H17N.C7H6O.CH4O/c1-3-4-8-12(2)14-11-13-9-6-5-7-10-13;1-3-4-5-6-7(2)8;8-6-7-4-2-1-3-5-7;1-2/h5-7,9-10,12,14H,3-4,8,11H2,1-2H3;7H,3-6,8H2,1-2H3;1-6H;2H,1H3. The SMILES string of the molecule is CCCCC(C)NCc1ccccc1.CCCCCC(C)N.CO.O=Cc1ccccc1. The van der Waals surface area contributed by atoms with E-state index in [9.17, 15) is 4.79 Å². The van der Waals surface area contributed by atoms with Crippen molar-refractivity contribution in [2.45, 2.75) is 91.3 Å². The first-order valence-electron chi connectivity index (χ1n) is 12.0. The molecule has 32 heavy (non-hydrogen) atoms. The number of carbonyl (C=O) groups is 1. The van der Waals surface area contributed by atoms with E-state index in [1.807, 2.05) is 18.2 Å². The van der Waals surface area contributed by atoms with E-state index in [4.69, 9.17) is 10.8 Å². The van der Waals surface area contributed by atoms with Gasteiger partial charge in [0.05, 0.1) is 0 Å². The van der Waals surface area contributed by atoms with Gasteiger partial charge in [-0.25, -0.2) is 0 Å². The maximum absolute atomic E-state index is 10.0. The first-order chi connectivity index (χ1) is 15.5. The minimum Gasteiger partial charge on any atom is -0.400 e. The Kier molecular flexibility index (Phi) is 25.4. The number of hydrogen-bond donors (Lipinski definition) is 3. The van der Waals surface area contributed by atoms with E-state index in [0.717, 1.165) is 25.5 Å². The maximum Gasteiger partial charge on any atom is 0.150 e. The predicted octanol–water partition coefficient (Wildman–Crippen LogP) is 6.38. The molecule has 4 nitrogen and oxygen atoms in total. The van der Waals surface area contributed by atoms with Gasteiger partial charge in [0, 0.05) is 31.3 Å². The largest absolute Gasteiger partial charge is 0.400 e. The van der Waals surface area contributed by atoms with Gasteiger partial charge in [-0.1, -0.05) is 107 Å². The van der Waals surface area contributed by atoms with Crippen LogP contribution in [0.2, 0.25) is 0 Å². The van der Waals surface area contributed by atoms with Crippen molar-refractivity contribution < 1.29 is 9.90 Å². The summed E-state index contributed by atoms with van der Waals surface area (Å²) in [6.45, 7) is 9.77. The van der Waals surface area contributed by atoms with E-state index in [2.05, 4.69) is 63.3 Å². The van der Waals surface area contributed by atoms with Gasteiger partial charge in [0.25, 0.3) is 0 Å². The van der Waals surface area contributed by atoms with Crippen LogP contribution in [0.4, 0.5) is 0 Å². The third kappa shape index (κ3) is 22.7. The Bertz CT molecular complexity index is 603. The number of nitrogens with two attached hydrogens (primary N) is 1. The van der Waals surface area contributed by atoms with Crippen LogP contribution >= 0.6 is 0 Å². The molecule has 0 aromatic heterocycles. The zero-order chi connectivity index (χ0) is 24.5. The summed E-state index contributed by atoms with van der Waals surface area (Å²) < 4.78 is 0. The molecule has 0 aliphatic rings. The zero-order valence-electron chi connectivity index (χ0n) is 21.1. The number of benzene rings is 2. The molecular weight excluding hydrogens is 396 g/mol. The Morgan fingerprint density at radius 3 is 1.81 bits per heavy atom. The number of aliphatic hydroxyl groups is 1. The fourth-order valence-corrected chi connectivity index (χ4v) is 2.75. The molecule has 0 aliphatic heterocycles. The number of aliphatic hydroxyl groups excluding tert-OH is 1. The lowest BCUT2D eigenvalue weighted by atomic mass is 10.1. The van der Waals surface area contributed by atoms with Gasteiger partial charge in [-0.15, -0.1) is 0 Å². The lowest BCUT2D eigenvalue weighted by Crippen LogP contribution is -2.25. The number of aldehydes is 1. The molecule has 4 N–H and O–H groups in total. The van der Waals surface area contributed by atoms with Crippen molar-refractivity contribution in [1.82, 2.24) is 5.32 Å². The molecule has 2 rings (SSSR count). The van der Waals surface area contributed by atoms with Crippen molar-refractivity contribution in [2.75, 3.05) is 7.11 Å². The Morgan fingerprint density at radius 1 is 0.844 bits per heavy atom. The highest BCUT2D eigenvalue weighted by molar-refractivity contribution is 5.74. The molecule has 2 atom stereocenters. The second kappa shape index (κ2) is 25.3. The second-order valence-electron chi connectivity index (χ2n) is 7.91. The first-order valence-corrected chi connectivity index (χ1v) is 12.0. The quantitative estimate of drug-likeness (QED) is 0.278. The Hall–Kier alpha value is -2.01. The fourth-order valence-electron chi connectivity index (χ4n) is 2.75. The minimum absolute atomic E-state index is 0.404. The summed E-state index contributed by atoms with van der Waals surface area (Å²) >= 11 is 0. The molecule has 0 fully saturated rings. The third-order valence-corrected chi connectivity index (χ3v) is 4.69. The summed E-state index contributed by atoms with van der Waals surface area (Å²) in [6, 6.07) is 20.7. The first kappa shape index (κ1) is 32.2. The smallest absolute Gasteiger partial charge is 0.150 e. The minimum atomic E-state index is 0.404. The Morgan fingerprint density at radius 2 is 1.38 bits per heavy atom. The molecule has 0 saturated heterocycles. The van der Waals surface area contributed by atoms with Gasteiger partial charge >= 0.3 is 0 Å². The molecule has 2 aromatic carbocycles. The molecule has 0 saturated carbocycles. The topological polar surface area (TPSA) is 75.3 Å². The van der Waals surface area contributed by atoms with Crippen molar-refractivity contribution in [3.05, 3.63) is 71.8 Å². The molecule has 182 valence electrons. The summed E-state index contributed by atoms with van der Waals surface area (Å²) in [5, 5.41) is 10.5. The number of carbonyl (C=O) groups excluding carboxylic acids is 1. The highest BCUT2D eigenvalue weighted by atomic mass is 16.2. The molecular formula is C28H48N2O2. The van der Waals surface area contributed by atoms with Gasteiger partial charge in [-0.05, 0) is 32.3 Å². The summed E-state index contributed by atoms with van der Waals surface area (Å²) in [5.41, 5.74) is 7.63. The number of unbranched alkanes of at least 4 members (excludes halogenated alkanes) is 3. The molecule has 0 spiro atoms. The summed E-state index contributed by atoms with van der Waals surface area (Å²) in [6.07, 6.45) is 9.85. The van der Waals surface area contributed by atoms with E-state index in [-0.39, 0.29) is 0 Å². The number of hydrogen-bond acceptors (Lipinski definition) is 4. The van der Waals surface area contributed by atoms with E-state index in [1.165, 1.54) is 50.5 Å². The summed E-state index contributed by atoms with van der Waals surface area (Å²) in [5.74, 6) is 0. The lowest BCUT2D eigenvalue weighted by molar-refractivity contribution is 0.112. The van der Waals surface area contributed by atoms with E-state index < -0.39 is 0 Å². The fraction of sp³-hybridized carbons (Fsp3) is 0.536. The molecule has 0 aliphatic carbocycles. The van der Waals surface area contributed by atoms with Crippen LogP contribution in [-0.2, 0) is 6.54 Å². The Labute approximate surface area is 197 Å². The molecule has 2 aromatic rings. The molecule has 0 amide bonds. The van der Waals surface area contributed by atoms with Crippen molar-refractivity contribution in [1.29, 1.82) is 0 Å². The van der Waals surface area contributed by atoms with Crippen molar-refractivity contribution in [2.24, 2.45) is 5.73 Å². The van der Waals surface area contributed by atoms with Crippen molar-refractivity contribution >= 4 is 6.29 Å². The van der Waals surface area contributed by atoms with Crippen molar-refractivity contribution in [3.8, 4) is 0 Å². The van der Waals surface area contributed by atoms with Crippen LogP contribution in [0.25, 0.3) is 0 Å². The number of rotatable bonds is 11. The van der Waals surface area contributed by atoms with Crippen LogP contribution in [0, 0.1) is 0 Å². The highest BCUT2D eigenvalue weighted by Crippen LogP contribution is 2.02. The van der Waals surface area contributed by atoms with Gasteiger partial charge < -0.3 is 16.2 Å². The van der Waals surface area contributed by atoms with Crippen LogP contribution < -0.4 is 11.1 Å². The molecule has 4 heteroatoms. The van der Waals surface area contributed by atoms with Gasteiger partial charge in [-0.3, -0.25) is 4.79 Å². The van der Waals surface area contributed by atoms with Crippen molar-refractivity contribution in [3.63, 3.8) is 0 Å². The second-order valence-corrected chi connectivity index (χ2v) is 7.91. The van der Waals surface area contributed by atoms with Crippen LogP contribution in [-0.4, -0.2) is 30.6 Å². The van der Waals surface area contributed by atoms with Gasteiger partial charge in [0.15, 0.2) is 0 Å². The van der Waals surface area contributed by atoms with E-state index in [1.54, 1.807) is 12.1 Å². The normalized spacial score (nSPS) is 11.3. The third-order valence-electron chi connectivity index (χ3n) is 4.69. The highest BCUT2D eigenvalue weighted by Gasteiger charge is 1.99. The van der Waals surface area contributed by atoms with Crippen LogP contribution in [0.1, 0.15) is 88.6 Å². The average Bonchev–Trinajstić information content (AvgIpc) is 2.84. The van der Waals surface area contributed by atoms with Crippen LogP contribution in [0.15, 0.2) is 60.7 Å².